The van der Waals surface area contributed by atoms with Crippen LogP contribution in [0.3, 0.4) is 0 Å². The number of anilines is 2. The standard InChI is InChI=1S/C29H30N2O3S/c1-20(32)21-15-17-24(18-16-21)30-29(34)27(22-9-4-2-5-10-22)35-26-14-8-13-25(19-26)31-28(33)23-11-6-3-7-12-23/h2,4-5,8-10,13-19,23,27H,3,6-7,11-12H2,1H3,(H,30,34)(H,31,33). The van der Waals surface area contributed by atoms with Gasteiger partial charge >= 0.3 is 0 Å². The molecule has 0 saturated heterocycles. The molecule has 1 atom stereocenters. The van der Waals surface area contributed by atoms with Crippen LogP contribution in [0.1, 0.15) is 60.2 Å². The van der Waals surface area contributed by atoms with E-state index in [1.165, 1.54) is 25.1 Å². The molecule has 6 heteroatoms. The normalized spacial score (nSPS) is 14.7. The summed E-state index contributed by atoms with van der Waals surface area (Å²) in [5.41, 5.74) is 2.86. The van der Waals surface area contributed by atoms with Crippen LogP contribution in [0.15, 0.2) is 83.8 Å². The highest BCUT2D eigenvalue weighted by molar-refractivity contribution is 8.00. The van der Waals surface area contributed by atoms with Crippen LogP contribution in [-0.4, -0.2) is 17.6 Å². The van der Waals surface area contributed by atoms with Crippen molar-refractivity contribution >= 4 is 40.7 Å². The van der Waals surface area contributed by atoms with Gasteiger partial charge in [-0.1, -0.05) is 55.7 Å². The molecule has 2 N–H and O–H groups in total. The quantitative estimate of drug-likeness (QED) is 0.269. The Balaban J connectivity index is 1.49. The first kappa shape index (κ1) is 24.7. The van der Waals surface area contributed by atoms with Gasteiger partial charge in [0.05, 0.1) is 0 Å². The molecule has 0 spiro atoms. The predicted octanol–water partition coefficient (Wildman–Crippen LogP) is 6.88. The minimum Gasteiger partial charge on any atom is -0.326 e. The fourth-order valence-electron chi connectivity index (χ4n) is 4.29. The number of hydrogen-bond donors (Lipinski definition) is 2. The zero-order chi connectivity index (χ0) is 24.6. The highest BCUT2D eigenvalue weighted by atomic mass is 32.2. The van der Waals surface area contributed by atoms with Crippen LogP contribution in [0.25, 0.3) is 0 Å². The molecule has 1 aliphatic carbocycles. The Morgan fingerprint density at radius 2 is 1.51 bits per heavy atom. The van der Waals surface area contributed by atoms with Gasteiger partial charge in [0.25, 0.3) is 0 Å². The second kappa shape index (κ2) is 11.8. The number of benzene rings is 3. The lowest BCUT2D eigenvalue weighted by Crippen LogP contribution is -2.24. The molecule has 35 heavy (non-hydrogen) atoms. The zero-order valence-electron chi connectivity index (χ0n) is 19.8. The fourth-order valence-corrected chi connectivity index (χ4v) is 5.37. The predicted molar refractivity (Wildman–Crippen MR) is 142 cm³/mol. The van der Waals surface area contributed by atoms with Crippen LogP contribution in [0.5, 0.6) is 0 Å². The maximum absolute atomic E-state index is 13.3. The first-order valence-electron chi connectivity index (χ1n) is 12.0. The van der Waals surface area contributed by atoms with Gasteiger partial charge in [0.2, 0.25) is 11.8 Å². The molecular weight excluding hydrogens is 456 g/mol. The maximum Gasteiger partial charge on any atom is 0.242 e. The first-order valence-corrected chi connectivity index (χ1v) is 12.9. The molecule has 5 nitrogen and oxygen atoms in total. The van der Waals surface area contributed by atoms with Crippen LogP contribution >= 0.6 is 11.8 Å². The van der Waals surface area contributed by atoms with Gasteiger partial charge in [-0.2, -0.15) is 0 Å². The van der Waals surface area contributed by atoms with Crippen LogP contribution in [0.2, 0.25) is 0 Å². The summed E-state index contributed by atoms with van der Waals surface area (Å²) in [5.74, 6) is -0.0139. The van der Waals surface area contributed by atoms with E-state index >= 15 is 0 Å². The van der Waals surface area contributed by atoms with Gasteiger partial charge < -0.3 is 10.6 Å². The van der Waals surface area contributed by atoms with E-state index in [9.17, 15) is 14.4 Å². The molecular formula is C29H30N2O3S. The van der Waals surface area contributed by atoms with Crippen molar-refractivity contribution < 1.29 is 14.4 Å². The summed E-state index contributed by atoms with van der Waals surface area (Å²) < 4.78 is 0. The Labute approximate surface area is 210 Å². The number of carbonyl (C=O) groups excluding carboxylic acids is 3. The number of Topliss-reactive ketones (excluding diaryl/α,β-unsaturated/α-hetero) is 1. The molecule has 1 fully saturated rings. The average molecular weight is 487 g/mol. The molecule has 0 bridgehead atoms. The Bertz CT molecular complexity index is 1170. The van der Waals surface area contributed by atoms with Crippen molar-refractivity contribution in [3.63, 3.8) is 0 Å². The van der Waals surface area contributed by atoms with Crippen molar-refractivity contribution in [2.75, 3.05) is 10.6 Å². The summed E-state index contributed by atoms with van der Waals surface area (Å²) in [6.07, 6.45) is 5.33. The smallest absolute Gasteiger partial charge is 0.242 e. The Morgan fingerprint density at radius 3 is 2.20 bits per heavy atom. The molecule has 1 aliphatic rings. The number of amides is 2. The number of carbonyl (C=O) groups is 3. The second-order valence-electron chi connectivity index (χ2n) is 8.88. The zero-order valence-corrected chi connectivity index (χ0v) is 20.6. The molecule has 4 rings (SSSR count). The summed E-state index contributed by atoms with van der Waals surface area (Å²) in [6.45, 7) is 1.52. The van der Waals surface area contributed by atoms with Crippen molar-refractivity contribution in [2.45, 2.75) is 49.2 Å². The van der Waals surface area contributed by atoms with Gasteiger partial charge in [0, 0.05) is 27.8 Å². The second-order valence-corrected chi connectivity index (χ2v) is 10.1. The van der Waals surface area contributed by atoms with E-state index in [0.717, 1.165) is 41.8 Å². The fraction of sp³-hybridized carbons (Fsp3) is 0.276. The Kier molecular flexibility index (Phi) is 8.37. The Morgan fingerprint density at radius 1 is 0.800 bits per heavy atom. The third-order valence-corrected chi connectivity index (χ3v) is 7.48. The van der Waals surface area contributed by atoms with Gasteiger partial charge in [0.1, 0.15) is 5.25 Å². The highest BCUT2D eigenvalue weighted by Crippen LogP contribution is 2.37. The SMILES string of the molecule is CC(=O)c1ccc(NC(=O)C(Sc2cccc(NC(=O)C3CCCCC3)c2)c2ccccc2)cc1. The number of nitrogens with one attached hydrogen (secondary N) is 2. The molecule has 0 aliphatic heterocycles. The summed E-state index contributed by atoms with van der Waals surface area (Å²) >= 11 is 1.44. The van der Waals surface area contributed by atoms with Gasteiger partial charge in [-0.25, -0.2) is 0 Å². The lowest BCUT2D eigenvalue weighted by atomic mass is 9.88. The van der Waals surface area contributed by atoms with Gasteiger partial charge in [-0.3, -0.25) is 14.4 Å². The molecule has 180 valence electrons. The van der Waals surface area contributed by atoms with E-state index in [1.807, 2.05) is 54.6 Å². The Hall–Kier alpha value is -3.38. The van der Waals surface area contributed by atoms with Crippen molar-refractivity contribution in [1.29, 1.82) is 0 Å². The van der Waals surface area contributed by atoms with Crippen LogP contribution in [0, 0.1) is 5.92 Å². The summed E-state index contributed by atoms with van der Waals surface area (Å²) in [6, 6.07) is 24.2. The third kappa shape index (κ3) is 6.83. The van der Waals surface area contributed by atoms with Gasteiger partial charge in [0.15, 0.2) is 5.78 Å². The molecule has 0 radical (unpaired) electrons. The molecule has 3 aromatic carbocycles. The van der Waals surface area contributed by atoms with Crippen molar-refractivity contribution in [2.24, 2.45) is 5.92 Å². The number of thioether (sulfide) groups is 1. The monoisotopic (exact) mass is 486 g/mol. The number of ketones is 1. The summed E-state index contributed by atoms with van der Waals surface area (Å²) in [5, 5.41) is 5.55. The molecule has 3 aromatic rings. The summed E-state index contributed by atoms with van der Waals surface area (Å²) in [4.78, 5) is 38.5. The van der Waals surface area contributed by atoms with E-state index in [1.54, 1.807) is 24.3 Å². The molecule has 1 saturated carbocycles. The van der Waals surface area contributed by atoms with Crippen LogP contribution < -0.4 is 10.6 Å². The minimum absolute atomic E-state index is 0.0175. The molecule has 2 amide bonds. The van der Waals surface area contributed by atoms with Gasteiger partial charge in [-0.05, 0) is 67.8 Å². The van der Waals surface area contributed by atoms with Crippen LogP contribution in [-0.2, 0) is 9.59 Å². The topological polar surface area (TPSA) is 75.3 Å². The van der Waals surface area contributed by atoms with Crippen LogP contribution in [0.4, 0.5) is 11.4 Å². The lowest BCUT2D eigenvalue weighted by molar-refractivity contribution is -0.120. The average Bonchev–Trinajstić information content (AvgIpc) is 2.89. The van der Waals surface area contributed by atoms with Gasteiger partial charge in [-0.15, -0.1) is 11.8 Å². The largest absolute Gasteiger partial charge is 0.326 e. The van der Waals surface area contributed by atoms with E-state index in [4.69, 9.17) is 0 Å². The number of hydrogen-bond acceptors (Lipinski definition) is 4. The van der Waals surface area contributed by atoms with E-state index < -0.39 is 5.25 Å². The van der Waals surface area contributed by atoms with Crippen molar-refractivity contribution in [3.8, 4) is 0 Å². The third-order valence-electron chi connectivity index (χ3n) is 6.23. The maximum atomic E-state index is 13.3. The molecule has 0 heterocycles. The van der Waals surface area contributed by atoms with Crippen molar-refractivity contribution in [1.82, 2.24) is 0 Å². The molecule has 1 unspecified atom stereocenters. The van der Waals surface area contributed by atoms with E-state index in [-0.39, 0.29) is 23.5 Å². The lowest BCUT2D eigenvalue weighted by Gasteiger charge is -2.21. The summed E-state index contributed by atoms with van der Waals surface area (Å²) in [7, 11) is 0. The molecule has 0 aromatic heterocycles. The van der Waals surface area contributed by atoms with E-state index in [0.29, 0.717) is 11.3 Å². The first-order chi connectivity index (χ1) is 17.0. The van der Waals surface area contributed by atoms with Crippen molar-refractivity contribution in [3.05, 3.63) is 90.0 Å². The number of rotatable bonds is 8. The minimum atomic E-state index is -0.493. The highest BCUT2D eigenvalue weighted by Gasteiger charge is 2.24. The van der Waals surface area contributed by atoms with E-state index in [2.05, 4.69) is 10.6 Å².